The van der Waals surface area contributed by atoms with E-state index in [2.05, 4.69) is 6.92 Å². The van der Waals surface area contributed by atoms with Crippen molar-refractivity contribution in [2.75, 3.05) is 0 Å². The minimum absolute atomic E-state index is 0.0602. The number of likely N-dealkylation sites (tertiary alicyclic amines) is 1. The van der Waals surface area contributed by atoms with Crippen LogP contribution in [0.25, 0.3) is 5.76 Å². The molecule has 2 heterocycles. The Morgan fingerprint density at radius 2 is 1.82 bits per heavy atom. The number of nitrogens with zero attached hydrogens (tertiary/aromatic N) is 1. The topological polar surface area (TPSA) is 57.6 Å². The van der Waals surface area contributed by atoms with Crippen LogP contribution in [0.1, 0.15) is 61.1 Å². The molecule has 1 saturated heterocycles. The number of Topliss-reactive ketones (excluding diaryl/α,β-unsaturated/α-hetero) is 1. The normalized spacial score (nSPS) is 22.8. The predicted octanol–water partition coefficient (Wildman–Crippen LogP) is 5.06. The maximum absolute atomic E-state index is 13.0. The molecule has 1 unspecified atom stereocenters. The lowest BCUT2D eigenvalue weighted by atomic mass is 9.92. The van der Waals surface area contributed by atoms with Crippen LogP contribution >= 0.6 is 11.3 Å². The minimum Gasteiger partial charge on any atom is -0.507 e. The van der Waals surface area contributed by atoms with Crippen LogP contribution in [0.5, 0.6) is 0 Å². The first kappa shape index (κ1) is 18.9. The van der Waals surface area contributed by atoms with Gasteiger partial charge in [-0.05, 0) is 36.3 Å². The van der Waals surface area contributed by atoms with E-state index >= 15 is 0 Å². The molecule has 1 aliphatic carbocycles. The maximum Gasteiger partial charge on any atom is 0.295 e. The van der Waals surface area contributed by atoms with E-state index in [0.29, 0.717) is 5.56 Å². The summed E-state index contributed by atoms with van der Waals surface area (Å²) in [7, 11) is 0. The van der Waals surface area contributed by atoms with E-state index in [9.17, 15) is 14.7 Å². The minimum atomic E-state index is -0.568. The first-order valence-electron chi connectivity index (χ1n) is 10.0. The SMILES string of the molecule is CCc1ccc(/C(O)=C2/C(=O)C(=O)N(C3CCCCC3)C2c2cccs2)cc1. The molecule has 4 nitrogen and oxygen atoms in total. The number of ketones is 1. The second-order valence-corrected chi connectivity index (χ2v) is 8.54. The number of aryl methyl sites for hydroxylation is 1. The second kappa shape index (κ2) is 7.92. The lowest BCUT2D eigenvalue weighted by Gasteiger charge is -2.34. The zero-order valence-electron chi connectivity index (χ0n) is 16.1. The highest BCUT2D eigenvalue weighted by atomic mass is 32.1. The van der Waals surface area contributed by atoms with Crippen molar-refractivity contribution in [3.05, 3.63) is 63.4 Å². The van der Waals surface area contributed by atoms with Crippen LogP contribution in [0, 0.1) is 0 Å². The lowest BCUT2D eigenvalue weighted by molar-refractivity contribution is -0.141. The molecule has 28 heavy (non-hydrogen) atoms. The van der Waals surface area contributed by atoms with Crippen molar-refractivity contribution in [2.24, 2.45) is 0 Å². The van der Waals surface area contributed by atoms with Gasteiger partial charge in [-0.25, -0.2) is 0 Å². The second-order valence-electron chi connectivity index (χ2n) is 7.56. The number of carbonyl (C=O) groups is 2. The molecule has 1 saturated carbocycles. The molecule has 2 aliphatic rings. The molecule has 1 amide bonds. The van der Waals surface area contributed by atoms with Crippen molar-refractivity contribution in [1.82, 2.24) is 4.90 Å². The zero-order valence-corrected chi connectivity index (χ0v) is 16.9. The van der Waals surface area contributed by atoms with E-state index in [1.54, 1.807) is 4.90 Å². The van der Waals surface area contributed by atoms with Crippen LogP contribution in [-0.4, -0.2) is 27.7 Å². The van der Waals surface area contributed by atoms with Crippen LogP contribution in [-0.2, 0) is 16.0 Å². The molecule has 1 atom stereocenters. The highest BCUT2D eigenvalue weighted by Crippen LogP contribution is 2.44. The van der Waals surface area contributed by atoms with E-state index in [4.69, 9.17) is 0 Å². The van der Waals surface area contributed by atoms with Gasteiger partial charge in [0.2, 0.25) is 0 Å². The summed E-state index contributed by atoms with van der Waals surface area (Å²) in [5, 5.41) is 13.0. The zero-order chi connectivity index (χ0) is 19.7. The number of aliphatic hydroxyl groups excluding tert-OH is 1. The van der Waals surface area contributed by atoms with Gasteiger partial charge in [0.25, 0.3) is 11.7 Å². The van der Waals surface area contributed by atoms with Crippen LogP contribution in [0.3, 0.4) is 0 Å². The Morgan fingerprint density at radius 3 is 2.43 bits per heavy atom. The monoisotopic (exact) mass is 395 g/mol. The van der Waals surface area contributed by atoms with Gasteiger partial charge in [-0.2, -0.15) is 0 Å². The summed E-state index contributed by atoms with van der Waals surface area (Å²) in [4.78, 5) is 28.7. The number of rotatable bonds is 4. The van der Waals surface area contributed by atoms with Crippen molar-refractivity contribution in [1.29, 1.82) is 0 Å². The summed E-state index contributed by atoms with van der Waals surface area (Å²) in [5.41, 5.74) is 1.97. The molecular formula is C23H25NO3S. The number of aliphatic hydroxyl groups is 1. The Bertz CT molecular complexity index is 892. The molecule has 146 valence electrons. The molecule has 0 bridgehead atoms. The Morgan fingerprint density at radius 1 is 1.11 bits per heavy atom. The molecule has 1 N–H and O–H groups in total. The fraction of sp³-hybridized carbons (Fsp3) is 0.391. The average Bonchev–Trinajstić information content (AvgIpc) is 3.35. The van der Waals surface area contributed by atoms with E-state index in [1.165, 1.54) is 17.8 Å². The fourth-order valence-corrected chi connectivity index (χ4v) is 5.20. The van der Waals surface area contributed by atoms with Gasteiger partial charge < -0.3 is 10.0 Å². The average molecular weight is 396 g/mol. The van der Waals surface area contributed by atoms with Gasteiger partial charge in [-0.1, -0.05) is 56.5 Å². The summed E-state index contributed by atoms with van der Waals surface area (Å²) in [6.07, 6.45) is 6.06. The predicted molar refractivity (Wildman–Crippen MR) is 111 cm³/mol. The van der Waals surface area contributed by atoms with Crippen LogP contribution in [0.2, 0.25) is 0 Å². The van der Waals surface area contributed by atoms with E-state index in [0.717, 1.165) is 42.5 Å². The molecule has 1 aliphatic heterocycles. The quantitative estimate of drug-likeness (QED) is 0.447. The molecule has 5 heteroatoms. The summed E-state index contributed by atoms with van der Waals surface area (Å²) < 4.78 is 0. The number of thiophene rings is 1. The Kier molecular flexibility index (Phi) is 5.36. The van der Waals surface area contributed by atoms with Crippen molar-refractivity contribution in [3.8, 4) is 0 Å². The number of benzene rings is 1. The van der Waals surface area contributed by atoms with Crippen LogP contribution in [0.15, 0.2) is 47.4 Å². The molecule has 2 fully saturated rings. The van der Waals surface area contributed by atoms with Gasteiger partial charge in [0.05, 0.1) is 11.6 Å². The van der Waals surface area contributed by atoms with Crippen LogP contribution in [0.4, 0.5) is 0 Å². The summed E-state index contributed by atoms with van der Waals surface area (Å²) in [6.45, 7) is 2.07. The molecule has 1 aromatic carbocycles. The molecule has 0 radical (unpaired) electrons. The van der Waals surface area contributed by atoms with Gasteiger partial charge in [0, 0.05) is 16.5 Å². The van der Waals surface area contributed by atoms with Gasteiger partial charge in [0.1, 0.15) is 5.76 Å². The van der Waals surface area contributed by atoms with Crippen molar-refractivity contribution >= 4 is 28.8 Å². The highest BCUT2D eigenvalue weighted by Gasteiger charge is 2.49. The maximum atomic E-state index is 13.0. The largest absolute Gasteiger partial charge is 0.507 e. The molecular weight excluding hydrogens is 370 g/mol. The van der Waals surface area contributed by atoms with E-state index in [-0.39, 0.29) is 17.4 Å². The molecule has 2 aromatic rings. The van der Waals surface area contributed by atoms with Gasteiger partial charge in [-0.3, -0.25) is 9.59 Å². The number of hydrogen-bond donors (Lipinski definition) is 1. The summed E-state index contributed by atoms with van der Waals surface area (Å²) >= 11 is 1.52. The number of carbonyl (C=O) groups excluding carboxylic acids is 2. The van der Waals surface area contributed by atoms with Crippen LogP contribution < -0.4 is 0 Å². The number of amides is 1. The van der Waals surface area contributed by atoms with Crippen molar-refractivity contribution < 1.29 is 14.7 Å². The van der Waals surface area contributed by atoms with Crippen molar-refractivity contribution in [3.63, 3.8) is 0 Å². The third-order valence-electron chi connectivity index (χ3n) is 5.90. The third kappa shape index (κ3) is 3.28. The Hall–Kier alpha value is -2.40. The van der Waals surface area contributed by atoms with E-state index < -0.39 is 17.7 Å². The Labute approximate surface area is 169 Å². The van der Waals surface area contributed by atoms with Gasteiger partial charge in [-0.15, -0.1) is 11.3 Å². The smallest absolute Gasteiger partial charge is 0.295 e. The number of hydrogen-bond acceptors (Lipinski definition) is 4. The highest BCUT2D eigenvalue weighted by molar-refractivity contribution is 7.10. The summed E-state index contributed by atoms with van der Waals surface area (Å²) in [5.74, 6) is -1.12. The van der Waals surface area contributed by atoms with Crippen molar-refractivity contribution in [2.45, 2.75) is 57.5 Å². The third-order valence-corrected chi connectivity index (χ3v) is 6.82. The first-order valence-corrected chi connectivity index (χ1v) is 10.9. The van der Waals surface area contributed by atoms with E-state index in [1.807, 2.05) is 41.8 Å². The van der Waals surface area contributed by atoms with Gasteiger partial charge >= 0.3 is 0 Å². The molecule has 1 aromatic heterocycles. The molecule has 4 rings (SSSR count). The van der Waals surface area contributed by atoms with Gasteiger partial charge in [0.15, 0.2) is 0 Å². The standard InChI is InChI=1S/C23H25NO3S/c1-2-15-10-12-16(13-11-15)21(25)19-20(18-9-6-14-28-18)24(23(27)22(19)26)17-7-4-3-5-8-17/h6,9-14,17,20,25H,2-5,7-8H2,1H3/b21-19-. The lowest BCUT2D eigenvalue weighted by Crippen LogP contribution is -2.40. The molecule has 0 spiro atoms. The Balaban J connectivity index is 1.81. The summed E-state index contributed by atoms with van der Waals surface area (Å²) in [6, 6.07) is 11.0. The fourth-order valence-electron chi connectivity index (χ4n) is 4.37. The first-order chi connectivity index (χ1) is 13.6.